The SMILES string of the molecule is [CH+]=CCCCCCCCCCCCCCC. The molecule has 0 unspecified atom stereocenters. The summed E-state index contributed by atoms with van der Waals surface area (Å²) in [6, 6.07) is 0. The molecule has 16 heavy (non-hydrogen) atoms. The van der Waals surface area contributed by atoms with Crippen molar-refractivity contribution >= 4 is 0 Å². The lowest BCUT2D eigenvalue weighted by Gasteiger charge is -2.01. The van der Waals surface area contributed by atoms with Gasteiger partial charge in [-0.2, -0.15) is 0 Å². The average molecular weight is 223 g/mol. The van der Waals surface area contributed by atoms with Gasteiger partial charge in [0.15, 0.2) is 6.08 Å². The number of hydrogen-bond acceptors (Lipinski definition) is 0. The van der Waals surface area contributed by atoms with E-state index in [1.54, 1.807) is 6.08 Å². The van der Waals surface area contributed by atoms with Crippen molar-refractivity contribution in [1.82, 2.24) is 0 Å². The van der Waals surface area contributed by atoms with Crippen LogP contribution in [-0.4, -0.2) is 0 Å². The number of unbranched alkanes of at least 4 members (excludes halogenated alkanes) is 12. The van der Waals surface area contributed by atoms with E-state index in [0.717, 1.165) is 6.42 Å². The molecule has 94 valence electrons. The average Bonchev–Trinajstić information content (AvgIpc) is 2.31. The Morgan fingerprint density at radius 1 is 0.625 bits per heavy atom. The molecule has 0 bridgehead atoms. The number of allylic oxidation sites excluding steroid dienone is 1. The van der Waals surface area contributed by atoms with Gasteiger partial charge in [-0.3, -0.25) is 0 Å². The highest BCUT2D eigenvalue weighted by Gasteiger charge is 1.93. The normalized spacial score (nSPS) is 10.5. The van der Waals surface area contributed by atoms with Crippen molar-refractivity contribution in [2.75, 3.05) is 0 Å². The van der Waals surface area contributed by atoms with Crippen LogP contribution in [-0.2, 0) is 0 Å². The molecule has 0 aromatic rings. The second kappa shape index (κ2) is 14.6. The molecule has 0 aliphatic heterocycles. The van der Waals surface area contributed by atoms with E-state index in [2.05, 4.69) is 6.92 Å². The zero-order valence-corrected chi connectivity index (χ0v) is 11.3. The molecular formula is C16H31+. The first kappa shape index (κ1) is 15.7. The van der Waals surface area contributed by atoms with Crippen molar-refractivity contribution in [1.29, 1.82) is 0 Å². The van der Waals surface area contributed by atoms with E-state index in [1.807, 2.05) is 0 Å². The van der Waals surface area contributed by atoms with E-state index in [9.17, 15) is 0 Å². The van der Waals surface area contributed by atoms with Crippen LogP contribution in [0, 0.1) is 6.58 Å². The van der Waals surface area contributed by atoms with Crippen molar-refractivity contribution in [3.8, 4) is 0 Å². The van der Waals surface area contributed by atoms with E-state index in [-0.39, 0.29) is 0 Å². The molecule has 0 atom stereocenters. The molecule has 0 heterocycles. The molecule has 0 fully saturated rings. The van der Waals surface area contributed by atoms with Crippen LogP contribution >= 0.6 is 0 Å². The van der Waals surface area contributed by atoms with Gasteiger partial charge >= 0.3 is 0 Å². The Hall–Kier alpha value is -0.350. The molecule has 0 nitrogen and oxygen atoms in total. The topological polar surface area (TPSA) is 0 Å². The highest BCUT2D eigenvalue weighted by molar-refractivity contribution is 4.61. The van der Waals surface area contributed by atoms with Crippen LogP contribution in [0.15, 0.2) is 6.08 Å². The Morgan fingerprint density at radius 3 is 1.38 bits per heavy atom. The van der Waals surface area contributed by atoms with Gasteiger partial charge < -0.3 is 0 Å². The van der Waals surface area contributed by atoms with Gasteiger partial charge in [0.05, 0.1) is 0 Å². The summed E-state index contributed by atoms with van der Waals surface area (Å²) in [5.74, 6) is 0. The van der Waals surface area contributed by atoms with Crippen molar-refractivity contribution < 1.29 is 0 Å². The minimum absolute atomic E-state index is 1.09. The predicted octanol–water partition coefficient (Wildman–Crippen LogP) is 6.07. The fraction of sp³-hybridized carbons (Fsp3) is 0.875. The van der Waals surface area contributed by atoms with Crippen molar-refractivity contribution in [2.24, 2.45) is 0 Å². The van der Waals surface area contributed by atoms with Crippen molar-refractivity contribution in [2.45, 2.75) is 90.4 Å². The first-order valence-corrected chi connectivity index (χ1v) is 7.45. The summed E-state index contributed by atoms with van der Waals surface area (Å²) >= 11 is 0. The molecule has 0 saturated heterocycles. The molecule has 0 aromatic heterocycles. The van der Waals surface area contributed by atoms with E-state index >= 15 is 0 Å². The van der Waals surface area contributed by atoms with E-state index in [1.165, 1.54) is 77.0 Å². The molecule has 0 rings (SSSR count). The quantitative estimate of drug-likeness (QED) is 0.263. The van der Waals surface area contributed by atoms with Crippen LogP contribution in [0.25, 0.3) is 0 Å². The Kier molecular flexibility index (Phi) is 14.3. The lowest BCUT2D eigenvalue weighted by atomic mass is 10.0. The lowest BCUT2D eigenvalue weighted by Crippen LogP contribution is -1.82. The standard InChI is InChI=1S/C16H31/c1-3-5-7-9-11-13-15-16-14-12-10-8-6-4-2/h1,3H,4-16H2,2H3/q+1. The molecule has 0 spiro atoms. The van der Waals surface area contributed by atoms with Crippen molar-refractivity contribution in [3.05, 3.63) is 12.7 Å². The maximum absolute atomic E-state index is 5.33. The van der Waals surface area contributed by atoms with E-state index in [0.29, 0.717) is 0 Å². The Balaban J connectivity index is 2.85. The summed E-state index contributed by atoms with van der Waals surface area (Å²) in [6.45, 7) is 7.61. The third kappa shape index (κ3) is 13.7. The van der Waals surface area contributed by atoms with Gasteiger partial charge in [0.2, 0.25) is 6.58 Å². The molecule has 0 amide bonds. The van der Waals surface area contributed by atoms with Crippen LogP contribution in [0.4, 0.5) is 0 Å². The van der Waals surface area contributed by atoms with Crippen LogP contribution < -0.4 is 0 Å². The Morgan fingerprint density at radius 2 is 1.00 bits per heavy atom. The summed E-state index contributed by atoms with van der Waals surface area (Å²) in [7, 11) is 0. The summed E-state index contributed by atoms with van der Waals surface area (Å²) < 4.78 is 0. The largest absolute Gasteiger partial charge is 0.201 e. The zero-order chi connectivity index (χ0) is 11.9. The summed E-state index contributed by atoms with van der Waals surface area (Å²) in [4.78, 5) is 0. The maximum Gasteiger partial charge on any atom is 0.201 e. The van der Waals surface area contributed by atoms with Crippen LogP contribution in [0.5, 0.6) is 0 Å². The second-order valence-corrected chi connectivity index (χ2v) is 4.91. The van der Waals surface area contributed by atoms with Gasteiger partial charge in [0, 0.05) is 6.42 Å². The maximum atomic E-state index is 5.33. The third-order valence-corrected chi connectivity index (χ3v) is 3.22. The number of rotatable bonds is 13. The third-order valence-electron chi connectivity index (χ3n) is 3.22. The molecule has 0 radical (unpaired) electrons. The molecule has 0 aliphatic carbocycles. The highest BCUT2D eigenvalue weighted by Crippen LogP contribution is 2.12. The lowest BCUT2D eigenvalue weighted by molar-refractivity contribution is 0.545. The molecule has 0 aliphatic rings. The minimum Gasteiger partial charge on any atom is -0.0654 e. The molecule has 0 saturated carbocycles. The second-order valence-electron chi connectivity index (χ2n) is 4.91. The van der Waals surface area contributed by atoms with Gasteiger partial charge in [-0.15, -0.1) is 0 Å². The summed E-state index contributed by atoms with van der Waals surface area (Å²) in [5, 5.41) is 0. The van der Waals surface area contributed by atoms with E-state index in [4.69, 9.17) is 6.58 Å². The first-order valence-electron chi connectivity index (χ1n) is 7.45. The molecule has 0 N–H and O–H groups in total. The smallest absolute Gasteiger partial charge is 0.0654 e. The fourth-order valence-corrected chi connectivity index (χ4v) is 2.10. The van der Waals surface area contributed by atoms with Gasteiger partial charge in [0.1, 0.15) is 0 Å². The fourth-order valence-electron chi connectivity index (χ4n) is 2.10. The molecule has 0 aromatic carbocycles. The Labute approximate surface area is 104 Å². The Bertz CT molecular complexity index is 126. The van der Waals surface area contributed by atoms with Gasteiger partial charge in [-0.25, -0.2) is 0 Å². The van der Waals surface area contributed by atoms with Gasteiger partial charge in [-0.1, -0.05) is 77.6 Å². The highest BCUT2D eigenvalue weighted by atomic mass is 14.0. The van der Waals surface area contributed by atoms with Crippen molar-refractivity contribution in [3.63, 3.8) is 0 Å². The number of hydrogen-bond donors (Lipinski definition) is 0. The zero-order valence-electron chi connectivity index (χ0n) is 11.3. The monoisotopic (exact) mass is 223 g/mol. The predicted molar refractivity (Wildman–Crippen MR) is 74.6 cm³/mol. The van der Waals surface area contributed by atoms with Crippen LogP contribution in [0.3, 0.4) is 0 Å². The van der Waals surface area contributed by atoms with Gasteiger partial charge in [-0.05, 0) is 6.42 Å². The molecular weight excluding hydrogens is 192 g/mol. The summed E-state index contributed by atoms with van der Waals surface area (Å²) in [5.41, 5.74) is 0. The first-order chi connectivity index (χ1) is 7.91. The van der Waals surface area contributed by atoms with Crippen LogP contribution in [0.2, 0.25) is 0 Å². The van der Waals surface area contributed by atoms with E-state index < -0.39 is 0 Å². The minimum atomic E-state index is 1.09. The van der Waals surface area contributed by atoms with Crippen LogP contribution in [0.1, 0.15) is 90.4 Å². The summed E-state index contributed by atoms with van der Waals surface area (Å²) in [6.07, 6.45) is 19.9. The molecule has 0 heteroatoms. The van der Waals surface area contributed by atoms with Gasteiger partial charge in [0.25, 0.3) is 0 Å².